The molecular formula is C14H19FN4O. The lowest BCUT2D eigenvalue weighted by Gasteiger charge is -2.04. The van der Waals surface area contributed by atoms with Gasteiger partial charge in [-0.3, -0.25) is 0 Å². The van der Waals surface area contributed by atoms with Crippen molar-refractivity contribution in [3.05, 3.63) is 41.5 Å². The standard InChI is InChI=1S/C14H19FN4O/c1-10(2)17-9-13-18-19-14(20-13)16-8-7-11-5-3-4-6-12(11)15/h3-6,10,17H,7-9H2,1-2H3,(H,16,19). The smallest absolute Gasteiger partial charge is 0.315 e. The zero-order valence-electron chi connectivity index (χ0n) is 11.7. The molecule has 108 valence electrons. The van der Waals surface area contributed by atoms with Gasteiger partial charge in [-0.2, -0.15) is 0 Å². The number of benzene rings is 1. The number of anilines is 1. The van der Waals surface area contributed by atoms with Gasteiger partial charge >= 0.3 is 6.01 Å². The number of rotatable bonds is 7. The normalized spacial score (nSPS) is 11.0. The van der Waals surface area contributed by atoms with Crippen molar-refractivity contribution >= 4 is 6.01 Å². The summed E-state index contributed by atoms with van der Waals surface area (Å²) >= 11 is 0. The molecule has 0 unspecified atom stereocenters. The summed E-state index contributed by atoms with van der Waals surface area (Å²) in [6.45, 7) is 5.17. The van der Waals surface area contributed by atoms with E-state index in [1.807, 2.05) is 19.9 Å². The molecule has 0 aliphatic carbocycles. The van der Waals surface area contributed by atoms with E-state index in [2.05, 4.69) is 20.8 Å². The van der Waals surface area contributed by atoms with E-state index >= 15 is 0 Å². The molecule has 1 aromatic carbocycles. The lowest BCUT2D eigenvalue weighted by molar-refractivity contribution is 0.458. The highest BCUT2D eigenvalue weighted by Gasteiger charge is 2.06. The summed E-state index contributed by atoms with van der Waals surface area (Å²) in [5.41, 5.74) is 0.668. The van der Waals surface area contributed by atoms with Gasteiger partial charge in [0.2, 0.25) is 5.89 Å². The fourth-order valence-corrected chi connectivity index (χ4v) is 1.69. The molecule has 0 spiro atoms. The average Bonchev–Trinajstić information content (AvgIpc) is 2.87. The van der Waals surface area contributed by atoms with Gasteiger partial charge in [-0.25, -0.2) is 4.39 Å². The molecule has 2 rings (SSSR count). The molecule has 0 amide bonds. The van der Waals surface area contributed by atoms with Crippen LogP contribution in [0.4, 0.5) is 10.4 Å². The fourth-order valence-electron chi connectivity index (χ4n) is 1.69. The largest absolute Gasteiger partial charge is 0.407 e. The summed E-state index contributed by atoms with van der Waals surface area (Å²) in [6.07, 6.45) is 0.564. The number of hydrogen-bond donors (Lipinski definition) is 2. The zero-order chi connectivity index (χ0) is 14.4. The summed E-state index contributed by atoms with van der Waals surface area (Å²) in [6, 6.07) is 7.45. The van der Waals surface area contributed by atoms with Crippen molar-refractivity contribution < 1.29 is 8.81 Å². The Morgan fingerprint density at radius 3 is 2.80 bits per heavy atom. The van der Waals surface area contributed by atoms with Crippen LogP contribution in [0.2, 0.25) is 0 Å². The zero-order valence-corrected chi connectivity index (χ0v) is 11.7. The molecule has 0 radical (unpaired) electrons. The van der Waals surface area contributed by atoms with Crippen LogP contribution in [0.15, 0.2) is 28.7 Å². The predicted octanol–water partition coefficient (Wildman–Crippen LogP) is 2.36. The third-order valence-electron chi connectivity index (χ3n) is 2.76. The van der Waals surface area contributed by atoms with Gasteiger partial charge in [0.05, 0.1) is 6.54 Å². The van der Waals surface area contributed by atoms with Crippen LogP contribution in [0.1, 0.15) is 25.3 Å². The molecule has 1 aromatic heterocycles. The van der Waals surface area contributed by atoms with Crippen LogP contribution in [0.25, 0.3) is 0 Å². The molecular weight excluding hydrogens is 259 g/mol. The Balaban J connectivity index is 1.78. The molecule has 0 atom stereocenters. The van der Waals surface area contributed by atoms with E-state index < -0.39 is 0 Å². The van der Waals surface area contributed by atoms with E-state index in [-0.39, 0.29) is 5.82 Å². The fraction of sp³-hybridized carbons (Fsp3) is 0.429. The van der Waals surface area contributed by atoms with Gasteiger partial charge < -0.3 is 15.1 Å². The quantitative estimate of drug-likeness (QED) is 0.814. The number of halogens is 1. The van der Waals surface area contributed by atoms with Crippen LogP contribution in [-0.4, -0.2) is 22.8 Å². The second-order valence-corrected chi connectivity index (χ2v) is 4.80. The minimum absolute atomic E-state index is 0.193. The maximum atomic E-state index is 13.4. The van der Waals surface area contributed by atoms with E-state index in [1.54, 1.807) is 12.1 Å². The SMILES string of the molecule is CC(C)NCc1nnc(NCCc2ccccc2F)o1. The highest BCUT2D eigenvalue weighted by molar-refractivity contribution is 5.21. The third kappa shape index (κ3) is 4.31. The van der Waals surface area contributed by atoms with Crippen LogP contribution in [-0.2, 0) is 13.0 Å². The topological polar surface area (TPSA) is 63.0 Å². The molecule has 0 bridgehead atoms. The highest BCUT2D eigenvalue weighted by Crippen LogP contribution is 2.09. The summed E-state index contributed by atoms with van der Waals surface area (Å²) < 4.78 is 18.8. The first-order valence-electron chi connectivity index (χ1n) is 6.68. The summed E-state index contributed by atoms with van der Waals surface area (Å²) in [5.74, 6) is 0.341. The average molecular weight is 278 g/mol. The van der Waals surface area contributed by atoms with E-state index in [0.717, 1.165) is 0 Å². The third-order valence-corrected chi connectivity index (χ3v) is 2.76. The monoisotopic (exact) mass is 278 g/mol. The van der Waals surface area contributed by atoms with E-state index in [0.29, 0.717) is 43.0 Å². The Bertz CT molecular complexity index is 541. The first kappa shape index (κ1) is 14.5. The van der Waals surface area contributed by atoms with Crippen molar-refractivity contribution in [1.29, 1.82) is 0 Å². The van der Waals surface area contributed by atoms with E-state index in [4.69, 9.17) is 4.42 Å². The van der Waals surface area contributed by atoms with Crippen LogP contribution < -0.4 is 10.6 Å². The van der Waals surface area contributed by atoms with E-state index in [9.17, 15) is 4.39 Å². The minimum atomic E-state index is -0.193. The van der Waals surface area contributed by atoms with E-state index in [1.165, 1.54) is 6.07 Å². The Labute approximate surface area is 117 Å². The van der Waals surface area contributed by atoms with Crippen molar-refractivity contribution in [1.82, 2.24) is 15.5 Å². The Morgan fingerprint density at radius 2 is 2.05 bits per heavy atom. The highest BCUT2D eigenvalue weighted by atomic mass is 19.1. The molecule has 0 aliphatic rings. The Hall–Kier alpha value is -1.95. The number of nitrogens with one attached hydrogen (secondary N) is 2. The van der Waals surface area contributed by atoms with Crippen molar-refractivity contribution in [3.8, 4) is 0 Å². The second kappa shape index (κ2) is 7.00. The Kier molecular flexibility index (Phi) is 5.06. The van der Waals surface area contributed by atoms with Gasteiger partial charge in [0.15, 0.2) is 0 Å². The first-order chi connectivity index (χ1) is 9.65. The predicted molar refractivity (Wildman–Crippen MR) is 74.9 cm³/mol. The lowest BCUT2D eigenvalue weighted by atomic mass is 10.1. The molecule has 0 fully saturated rings. The van der Waals surface area contributed by atoms with Crippen molar-refractivity contribution in [2.45, 2.75) is 32.9 Å². The molecule has 6 heteroatoms. The second-order valence-electron chi connectivity index (χ2n) is 4.80. The first-order valence-corrected chi connectivity index (χ1v) is 6.68. The molecule has 1 heterocycles. The summed E-state index contributed by atoms with van der Waals surface area (Å²) in [7, 11) is 0. The minimum Gasteiger partial charge on any atom is -0.407 e. The Morgan fingerprint density at radius 1 is 1.25 bits per heavy atom. The van der Waals surface area contributed by atoms with Crippen LogP contribution >= 0.6 is 0 Å². The molecule has 0 saturated carbocycles. The maximum absolute atomic E-state index is 13.4. The number of hydrogen-bond acceptors (Lipinski definition) is 5. The molecule has 2 N–H and O–H groups in total. The lowest BCUT2D eigenvalue weighted by Crippen LogP contribution is -2.21. The van der Waals surface area contributed by atoms with Gasteiger partial charge in [-0.1, -0.05) is 37.1 Å². The van der Waals surface area contributed by atoms with Crippen LogP contribution in [0.3, 0.4) is 0 Å². The summed E-state index contributed by atoms with van der Waals surface area (Å²) in [5, 5.41) is 14.0. The van der Waals surface area contributed by atoms with Gasteiger partial charge in [-0.15, -0.1) is 5.10 Å². The van der Waals surface area contributed by atoms with Crippen molar-refractivity contribution in [2.24, 2.45) is 0 Å². The van der Waals surface area contributed by atoms with Gasteiger partial charge in [0.1, 0.15) is 5.82 Å². The van der Waals surface area contributed by atoms with Crippen molar-refractivity contribution in [2.75, 3.05) is 11.9 Å². The molecule has 0 aliphatic heterocycles. The van der Waals surface area contributed by atoms with Gasteiger partial charge in [-0.05, 0) is 18.1 Å². The number of aromatic nitrogens is 2. The van der Waals surface area contributed by atoms with Gasteiger partial charge in [0, 0.05) is 12.6 Å². The molecule has 0 saturated heterocycles. The number of nitrogens with zero attached hydrogens (tertiary/aromatic N) is 2. The van der Waals surface area contributed by atoms with Gasteiger partial charge in [0.25, 0.3) is 0 Å². The molecule has 20 heavy (non-hydrogen) atoms. The van der Waals surface area contributed by atoms with Crippen LogP contribution in [0.5, 0.6) is 0 Å². The molecule has 2 aromatic rings. The maximum Gasteiger partial charge on any atom is 0.315 e. The van der Waals surface area contributed by atoms with Crippen molar-refractivity contribution in [3.63, 3.8) is 0 Å². The summed E-state index contributed by atoms with van der Waals surface area (Å²) in [4.78, 5) is 0. The molecule has 5 nitrogen and oxygen atoms in total. The van der Waals surface area contributed by atoms with Crippen LogP contribution in [0, 0.1) is 5.82 Å².